The fraction of sp³-hybridized carbons (Fsp3) is 0.455. The highest BCUT2D eigenvalue weighted by Crippen LogP contribution is 2.43. The molecule has 2 heterocycles. The predicted molar refractivity (Wildman–Crippen MR) is 129 cm³/mol. The Morgan fingerprint density at radius 1 is 1.14 bits per heavy atom. The van der Waals surface area contributed by atoms with E-state index >= 15 is 0 Å². The van der Waals surface area contributed by atoms with Crippen LogP contribution in [0.25, 0.3) is 0 Å². The van der Waals surface area contributed by atoms with Crippen LogP contribution in [0.3, 0.4) is 0 Å². The minimum Gasteiger partial charge on any atom is -0.465 e. The Morgan fingerprint density at radius 3 is 2.50 bits per heavy atom. The largest absolute Gasteiger partial charge is 0.465 e. The maximum atomic E-state index is 13.7. The third-order valence-corrected chi connectivity index (χ3v) is 6.91. The van der Waals surface area contributed by atoms with E-state index in [1.54, 1.807) is 35.2 Å². The smallest absolute Gasteiger partial charge is 0.275 e. The van der Waals surface area contributed by atoms with Crippen LogP contribution in [0, 0.1) is 5.82 Å². The lowest BCUT2D eigenvalue weighted by Gasteiger charge is -2.49. The molecule has 2 aliphatic heterocycles. The van der Waals surface area contributed by atoms with Crippen molar-refractivity contribution in [1.29, 1.82) is 0 Å². The van der Waals surface area contributed by atoms with Crippen LogP contribution >= 0.6 is 11.6 Å². The first-order valence-electron chi connectivity index (χ1n) is 10.9. The van der Waals surface area contributed by atoms with Crippen LogP contribution < -0.4 is 10.1 Å². The first-order chi connectivity index (χ1) is 16.8. The molecule has 0 aliphatic carbocycles. The lowest BCUT2D eigenvalue weighted by Crippen LogP contribution is -2.66. The number of hydrogen-bond donors (Lipinski definition) is 1. The summed E-state index contributed by atoms with van der Waals surface area (Å²) in [6, 6.07) is 10.5. The number of nitrogens with zero attached hydrogens (tertiary/aromatic N) is 1. The zero-order valence-corrected chi connectivity index (χ0v) is 21.9. The van der Waals surface area contributed by atoms with Gasteiger partial charge >= 0.3 is 0 Å². The van der Waals surface area contributed by atoms with E-state index in [4.69, 9.17) is 29.4 Å². The molecule has 0 spiro atoms. The zero-order valence-electron chi connectivity index (χ0n) is 19.5. The fourth-order valence-electron chi connectivity index (χ4n) is 4.40. The predicted octanol–water partition coefficient (Wildman–Crippen LogP) is 2.36. The molecule has 0 aromatic heterocycles. The Kier molecular flexibility index (Phi) is 7.93. The Balaban J connectivity index is 1.68. The number of benzene rings is 2. The molecule has 0 radical (unpaired) electrons. The third kappa shape index (κ3) is 6.72. The van der Waals surface area contributed by atoms with Crippen molar-refractivity contribution in [3.05, 3.63) is 64.4 Å². The summed E-state index contributed by atoms with van der Waals surface area (Å²) in [4.78, 5) is 1.54. The van der Waals surface area contributed by atoms with Gasteiger partial charge in [0, 0.05) is 36.1 Å². The third-order valence-electron chi connectivity index (χ3n) is 5.57. The molecule has 0 amide bonds. The van der Waals surface area contributed by atoms with Crippen molar-refractivity contribution in [3.8, 4) is 5.75 Å². The number of ether oxygens (including phenoxy) is 2. The van der Waals surface area contributed by atoms with Crippen molar-refractivity contribution >= 4 is 31.8 Å². The van der Waals surface area contributed by atoms with Crippen molar-refractivity contribution in [1.82, 2.24) is 10.2 Å². The molecule has 2 aliphatic rings. The van der Waals surface area contributed by atoms with E-state index in [1.807, 2.05) is 0 Å². The number of fused-ring (bicyclic) bond motifs is 1. The van der Waals surface area contributed by atoms with E-state index in [1.165, 1.54) is 12.1 Å². The molecule has 0 bridgehead atoms. The average Bonchev–Trinajstić information content (AvgIpc) is 2.74. The maximum absolute atomic E-state index is 13.7. The van der Waals surface area contributed by atoms with Crippen molar-refractivity contribution in [2.45, 2.75) is 31.3 Å². The Morgan fingerprint density at radius 2 is 1.83 bits per heavy atom. The molecule has 4 rings (SSSR count). The molecule has 1 fully saturated rings. The van der Waals surface area contributed by atoms with Crippen molar-refractivity contribution in [2.75, 3.05) is 32.1 Å². The second kappa shape index (κ2) is 10.5. The minimum absolute atomic E-state index is 0.0105. The molecule has 1 saturated heterocycles. The minimum atomic E-state index is -4.15. The second-order valence-corrected chi connectivity index (χ2v) is 12.2. The summed E-state index contributed by atoms with van der Waals surface area (Å²) < 4.78 is 85.1. The van der Waals surface area contributed by atoms with E-state index in [2.05, 4.69) is 5.32 Å². The van der Waals surface area contributed by atoms with Gasteiger partial charge in [-0.1, -0.05) is 29.8 Å². The van der Waals surface area contributed by atoms with Crippen LogP contribution in [0.5, 0.6) is 5.75 Å². The van der Waals surface area contributed by atoms with Crippen molar-refractivity contribution < 1.29 is 39.1 Å². The van der Waals surface area contributed by atoms with Gasteiger partial charge in [0.15, 0.2) is 0 Å². The Hall–Kier alpha value is -1.84. The molecule has 36 heavy (non-hydrogen) atoms. The first kappa shape index (κ1) is 27.2. The molecular formula is C22H26ClFN2O8S2. The van der Waals surface area contributed by atoms with Crippen LogP contribution in [0.4, 0.5) is 4.39 Å². The Bertz CT molecular complexity index is 1270. The molecule has 2 aromatic carbocycles. The van der Waals surface area contributed by atoms with Crippen LogP contribution in [-0.2, 0) is 39.9 Å². The average molecular weight is 565 g/mol. The summed E-state index contributed by atoms with van der Waals surface area (Å²) in [5, 5.41) is 3.18. The van der Waals surface area contributed by atoms with Gasteiger partial charge in [-0.05, 0) is 29.8 Å². The maximum Gasteiger partial charge on any atom is 0.275 e. The summed E-state index contributed by atoms with van der Waals surface area (Å²) in [5.41, 5.74) is 1.17. The molecule has 1 N–H and O–H groups in total. The summed E-state index contributed by atoms with van der Waals surface area (Å²) in [6.07, 6.45) is 0.973. The van der Waals surface area contributed by atoms with E-state index in [9.17, 15) is 21.2 Å². The van der Waals surface area contributed by atoms with Gasteiger partial charge in [0.05, 0.1) is 25.7 Å². The van der Waals surface area contributed by atoms with E-state index in [0.29, 0.717) is 23.4 Å². The summed E-state index contributed by atoms with van der Waals surface area (Å²) in [5.74, 6) is -2.22. The highest BCUT2D eigenvalue weighted by molar-refractivity contribution is 7.86. The van der Waals surface area contributed by atoms with Crippen molar-refractivity contribution in [3.63, 3.8) is 0 Å². The molecular weight excluding hydrogens is 539 g/mol. The molecule has 198 valence electrons. The number of para-hydroxylation sites is 1. The quantitative estimate of drug-likeness (QED) is 0.378. The van der Waals surface area contributed by atoms with Crippen molar-refractivity contribution in [2.24, 2.45) is 0 Å². The van der Waals surface area contributed by atoms with Gasteiger partial charge in [0.2, 0.25) is 6.29 Å². The van der Waals surface area contributed by atoms with E-state index in [-0.39, 0.29) is 31.1 Å². The fourth-order valence-corrected chi connectivity index (χ4v) is 6.01. The second-order valence-electron chi connectivity index (χ2n) is 8.58. The van der Waals surface area contributed by atoms with Gasteiger partial charge in [-0.2, -0.15) is 16.8 Å². The molecule has 2 atom stereocenters. The van der Waals surface area contributed by atoms with Crippen LogP contribution in [-0.4, -0.2) is 66.1 Å². The number of piperazine rings is 1. The number of halogens is 2. The SMILES string of the molecule is CS(=O)(=O)OC1(OS(C)(=O)=O)CNCCN1C1CC(OCc2cc(F)cc(Cl)c2)Oc2ccccc21. The topological polar surface area (TPSA) is 120 Å². The van der Waals surface area contributed by atoms with Crippen LogP contribution in [0.2, 0.25) is 5.02 Å². The van der Waals surface area contributed by atoms with E-state index in [0.717, 1.165) is 12.5 Å². The molecule has 0 saturated carbocycles. The molecule has 10 nitrogen and oxygen atoms in total. The number of hydrogen-bond acceptors (Lipinski definition) is 10. The zero-order chi connectivity index (χ0) is 26.1. The van der Waals surface area contributed by atoms with Gasteiger partial charge in [0.25, 0.3) is 26.1 Å². The molecule has 14 heteroatoms. The number of rotatable bonds is 8. The lowest BCUT2D eigenvalue weighted by molar-refractivity contribution is -0.249. The first-order valence-corrected chi connectivity index (χ1v) is 15.0. The van der Waals surface area contributed by atoms with Gasteiger partial charge in [0.1, 0.15) is 11.6 Å². The van der Waals surface area contributed by atoms with Gasteiger partial charge in [-0.25, -0.2) is 17.7 Å². The Labute approximate surface area is 214 Å². The van der Waals surface area contributed by atoms with Crippen LogP contribution in [0.1, 0.15) is 23.6 Å². The highest BCUT2D eigenvalue weighted by atomic mass is 35.5. The van der Waals surface area contributed by atoms with Gasteiger partial charge in [-0.15, -0.1) is 0 Å². The molecule has 2 unspecified atom stereocenters. The normalized spacial score (nSPS) is 22.6. The van der Waals surface area contributed by atoms with E-state index < -0.39 is 44.3 Å². The van der Waals surface area contributed by atoms with Gasteiger partial charge < -0.3 is 14.8 Å². The summed E-state index contributed by atoms with van der Waals surface area (Å²) in [6.45, 7) is 0.356. The van der Waals surface area contributed by atoms with Gasteiger partial charge in [-0.3, -0.25) is 0 Å². The molecule has 2 aromatic rings. The monoisotopic (exact) mass is 564 g/mol. The summed E-state index contributed by atoms with van der Waals surface area (Å²) in [7, 11) is -8.31. The number of nitrogens with one attached hydrogen (secondary N) is 1. The summed E-state index contributed by atoms with van der Waals surface area (Å²) >= 11 is 5.93. The van der Waals surface area contributed by atoms with Crippen LogP contribution in [0.15, 0.2) is 42.5 Å². The highest BCUT2D eigenvalue weighted by Gasteiger charge is 2.52. The lowest BCUT2D eigenvalue weighted by atomic mass is 9.96. The standard InChI is InChI=1S/C22H26ClFN2O8S2/c1-35(27,28)33-22(34-36(2,29)30)14-25-7-8-26(22)19-12-21(32-20-6-4-3-5-18(19)20)31-13-15-9-16(23)11-17(24)10-15/h3-6,9-11,19,21,25H,7-8,12-14H2,1-2H3.